The summed E-state index contributed by atoms with van der Waals surface area (Å²) >= 11 is 0. The van der Waals surface area contributed by atoms with E-state index >= 15 is 0 Å². The van der Waals surface area contributed by atoms with Crippen molar-refractivity contribution in [2.75, 3.05) is 32.7 Å². The third kappa shape index (κ3) is 3.87. The number of likely N-dealkylation sites (N-methyl/N-ethyl adjacent to an activating group) is 1. The Balaban J connectivity index is 2.40. The highest BCUT2D eigenvalue weighted by atomic mass is 16.1. The number of nitrogens with zero attached hydrogens (tertiary/aromatic N) is 2. The van der Waals surface area contributed by atoms with Gasteiger partial charge in [0.15, 0.2) is 0 Å². The molecule has 16 heavy (non-hydrogen) atoms. The summed E-state index contributed by atoms with van der Waals surface area (Å²) in [5.74, 6) is 0.347. The molecule has 1 heterocycles. The van der Waals surface area contributed by atoms with Gasteiger partial charge >= 0.3 is 0 Å². The Morgan fingerprint density at radius 3 is 2.56 bits per heavy atom. The molecule has 0 aromatic carbocycles. The molecule has 0 saturated carbocycles. The predicted molar refractivity (Wildman–Crippen MR) is 67.7 cm³/mol. The predicted octanol–water partition coefficient (Wildman–Crippen LogP) is 1.77. The van der Waals surface area contributed by atoms with E-state index in [1.54, 1.807) is 6.92 Å². The molecule has 94 valence electrons. The van der Waals surface area contributed by atoms with Gasteiger partial charge in [0.05, 0.1) is 6.04 Å². The highest BCUT2D eigenvalue weighted by molar-refractivity contribution is 5.81. The molecule has 1 rings (SSSR count). The molecule has 1 fully saturated rings. The molecule has 1 aliphatic rings. The molecular weight excluding hydrogens is 200 g/mol. The van der Waals surface area contributed by atoms with Gasteiger partial charge in [-0.15, -0.1) is 0 Å². The molecule has 0 amide bonds. The number of rotatable bonds is 6. The second-order valence-corrected chi connectivity index (χ2v) is 4.69. The fourth-order valence-electron chi connectivity index (χ4n) is 2.53. The van der Waals surface area contributed by atoms with Crippen LogP contribution in [0.15, 0.2) is 0 Å². The van der Waals surface area contributed by atoms with Crippen LogP contribution in [0.4, 0.5) is 0 Å². The molecule has 0 radical (unpaired) electrons. The van der Waals surface area contributed by atoms with Gasteiger partial charge in [-0.3, -0.25) is 9.69 Å². The maximum atomic E-state index is 11.5. The van der Waals surface area contributed by atoms with Crippen LogP contribution in [0, 0.1) is 0 Å². The van der Waals surface area contributed by atoms with Crippen molar-refractivity contribution < 1.29 is 4.79 Å². The highest BCUT2D eigenvalue weighted by Gasteiger charge is 2.25. The first-order valence-electron chi connectivity index (χ1n) is 6.65. The molecule has 0 aromatic heterocycles. The minimum atomic E-state index is 0.198. The number of carbonyl (C=O) groups excluding carboxylic acids is 1. The van der Waals surface area contributed by atoms with Crippen LogP contribution >= 0.6 is 0 Å². The molecule has 0 aromatic rings. The summed E-state index contributed by atoms with van der Waals surface area (Å²) in [6, 6.07) is 0.198. The van der Waals surface area contributed by atoms with Gasteiger partial charge in [-0.1, -0.05) is 20.3 Å². The third-order valence-electron chi connectivity index (χ3n) is 3.68. The Kier molecular flexibility index (Phi) is 5.99. The smallest absolute Gasteiger partial charge is 0.146 e. The van der Waals surface area contributed by atoms with E-state index in [1.165, 1.54) is 12.8 Å². The lowest BCUT2D eigenvalue weighted by molar-refractivity contribution is -0.123. The molecule has 1 saturated heterocycles. The van der Waals surface area contributed by atoms with Crippen LogP contribution in [-0.2, 0) is 4.79 Å². The van der Waals surface area contributed by atoms with Crippen molar-refractivity contribution in [3.63, 3.8) is 0 Å². The number of carbonyl (C=O) groups is 1. The highest BCUT2D eigenvalue weighted by Crippen LogP contribution is 2.17. The van der Waals surface area contributed by atoms with Crippen molar-refractivity contribution in [1.82, 2.24) is 9.80 Å². The lowest BCUT2D eigenvalue weighted by Gasteiger charge is -2.35. The summed E-state index contributed by atoms with van der Waals surface area (Å²) in [4.78, 5) is 16.3. The Morgan fingerprint density at radius 1 is 1.31 bits per heavy atom. The first-order chi connectivity index (χ1) is 7.69. The van der Waals surface area contributed by atoms with Crippen LogP contribution in [0.2, 0.25) is 0 Å². The van der Waals surface area contributed by atoms with Crippen LogP contribution in [0.3, 0.4) is 0 Å². The average molecular weight is 226 g/mol. The van der Waals surface area contributed by atoms with Gasteiger partial charge in [0.2, 0.25) is 0 Å². The van der Waals surface area contributed by atoms with E-state index in [1.807, 2.05) is 0 Å². The van der Waals surface area contributed by atoms with E-state index < -0.39 is 0 Å². The SMILES string of the molecule is CCN(CC)CCN1CCCCC1C(C)=O. The minimum absolute atomic E-state index is 0.198. The average Bonchev–Trinajstić information content (AvgIpc) is 2.30. The van der Waals surface area contributed by atoms with E-state index in [0.717, 1.165) is 39.1 Å². The fourth-order valence-corrected chi connectivity index (χ4v) is 2.53. The Hall–Kier alpha value is -0.410. The van der Waals surface area contributed by atoms with Crippen molar-refractivity contribution in [1.29, 1.82) is 0 Å². The van der Waals surface area contributed by atoms with Gasteiger partial charge < -0.3 is 4.90 Å². The molecule has 0 aliphatic carbocycles. The van der Waals surface area contributed by atoms with E-state index in [9.17, 15) is 4.79 Å². The summed E-state index contributed by atoms with van der Waals surface area (Å²) in [5.41, 5.74) is 0. The van der Waals surface area contributed by atoms with E-state index in [4.69, 9.17) is 0 Å². The monoisotopic (exact) mass is 226 g/mol. The second kappa shape index (κ2) is 7.02. The Bertz CT molecular complexity index is 214. The van der Waals surface area contributed by atoms with E-state index in [2.05, 4.69) is 23.6 Å². The Morgan fingerprint density at radius 2 is 2.00 bits per heavy atom. The molecule has 0 N–H and O–H groups in total. The molecule has 0 spiro atoms. The lowest BCUT2D eigenvalue weighted by atomic mass is 9.99. The van der Waals surface area contributed by atoms with Gasteiger partial charge in [-0.05, 0) is 39.4 Å². The van der Waals surface area contributed by atoms with Gasteiger partial charge in [0, 0.05) is 13.1 Å². The number of Topliss-reactive ketones (excluding diaryl/α,β-unsaturated/α-hetero) is 1. The summed E-state index contributed by atoms with van der Waals surface area (Å²) in [6.45, 7) is 11.6. The molecule has 1 aliphatic heterocycles. The summed E-state index contributed by atoms with van der Waals surface area (Å²) in [6.07, 6.45) is 3.53. The standard InChI is InChI=1S/C13H26N2O/c1-4-14(5-2)10-11-15-9-7-6-8-13(15)12(3)16/h13H,4-11H2,1-3H3. The third-order valence-corrected chi connectivity index (χ3v) is 3.68. The molecule has 3 nitrogen and oxygen atoms in total. The maximum Gasteiger partial charge on any atom is 0.146 e. The summed E-state index contributed by atoms with van der Waals surface area (Å²) in [7, 11) is 0. The lowest BCUT2D eigenvalue weighted by Crippen LogP contribution is -2.47. The summed E-state index contributed by atoms with van der Waals surface area (Å²) < 4.78 is 0. The number of hydrogen-bond donors (Lipinski definition) is 0. The zero-order valence-corrected chi connectivity index (χ0v) is 11.0. The first-order valence-corrected chi connectivity index (χ1v) is 6.65. The first kappa shape index (κ1) is 13.7. The zero-order chi connectivity index (χ0) is 12.0. The van der Waals surface area contributed by atoms with Gasteiger partial charge in [0.1, 0.15) is 5.78 Å². The van der Waals surface area contributed by atoms with Crippen LogP contribution in [0.1, 0.15) is 40.0 Å². The minimum Gasteiger partial charge on any atom is -0.303 e. The van der Waals surface area contributed by atoms with Gasteiger partial charge in [0.25, 0.3) is 0 Å². The molecule has 1 atom stereocenters. The quantitative estimate of drug-likeness (QED) is 0.689. The van der Waals surface area contributed by atoms with Crippen molar-refractivity contribution >= 4 is 5.78 Å². The van der Waals surface area contributed by atoms with Crippen molar-refractivity contribution in [3.8, 4) is 0 Å². The molecule has 3 heteroatoms. The Labute approximate surface area is 99.8 Å². The normalized spacial score (nSPS) is 22.6. The van der Waals surface area contributed by atoms with Crippen LogP contribution in [0.25, 0.3) is 0 Å². The van der Waals surface area contributed by atoms with E-state index in [-0.39, 0.29) is 6.04 Å². The second-order valence-electron chi connectivity index (χ2n) is 4.69. The zero-order valence-electron chi connectivity index (χ0n) is 11.0. The molecular formula is C13H26N2O. The van der Waals surface area contributed by atoms with Crippen molar-refractivity contribution in [3.05, 3.63) is 0 Å². The largest absolute Gasteiger partial charge is 0.303 e. The number of likely N-dealkylation sites (tertiary alicyclic amines) is 1. The number of hydrogen-bond acceptors (Lipinski definition) is 3. The number of ketones is 1. The van der Waals surface area contributed by atoms with Crippen molar-refractivity contribution in [2.24, 2.45) is 0 Å². The van der Waals surface area contributed by atoms with Crippen LogP contribution in [0.5, 0.6) is 0 Å². The molecule has 1 unspecified atom stereocenters. The van der Waals surface area contributed by atoms with E-state index in [0.29, 0.717) is 5.78 Å². The summed E-state index contributed by atoms with van der Waals surface area (Å²) in [5, 5.41) is 0. The number of piperidine rings is 1. The van der Waals surface area contributed by atoms with Crippen LogP contribution < -0.4 is 0 Å². The maximum absolute atomic E-state index is 11.5. The van der Waals surface area contributed by atoms with Crippen LogP contribution in [-0.4, -0.2) is 54.3 Å². The van der Waals surface area contributed by atoms with Crippen molar-refractivity contribution in [2.45, 2.75) is 46.1 Å². The van der Waals surface area contributed by atoms with Gasteiger partial charge in [-0.25, -0.2) is 0 Å². The fraction of sp³-hybridized carbons (Fsp3) is 0.923. The van der Waals surface area contributed by atoms with Gasteiger partial charge in [-0.2, -0.15) is 0 Å². The molecule has 0 bridgehead atoms. The topological polar surface area (TPSA) is 23.6 Å².